The lowest BCUT2D eigenvalue weighted by Gasteiger charge is -2.07. The predicted octanol–water partition coefficient (Wildman–Crippen LogP) is 11.9. The Bertz CT molecular complexity index is 590. The quantitative estimate of drug-likeness (QED) is 0.0689. The van der Waals surface area contributed by atoms with Gasteiger partial charge >= 0.3 is 0 Å². The summed E-state index contributed by atoms with van der Waals surface area (Å²) in [6.45, 7) is 9.39. The Morgan fingerprint density at radius 3 is 1.26 bits per heavy atom. The van der Waals surface area contributed by atoms with E-state index < -0.39 is 0 Å². The van der Waals surface area contributed by atoms with Crippen molar-refractivity contribution in [1.29, 1.82) is 0 Å². The number of rotatable bonds is 30. The summed E-state index contributed by atoms with van der Waals surface area (Å²) in [5.74, 6) is 1.62. The van der Waals surface area contributed by atoms with Gasteiger partial charge in [0.1, 0.15) is 12.4 Å². The van der Waals surface area contributed by atoms with Gasteiger partial charge < -0.3 is 0 Å². The second kappa shape index (κ2) is 27.8. The molecule has 38 heavy (non-hydrogen) atoms. The van der Waals surface area contributed by atoms with Gasteiger partial charge in [-0.1, -0.05) is 162 Å². The number of aromatic nitrogens is 2. The van der Waals surface area contributed by atoms with Crippen LogP contribution in [0.25, 0.3) is 0 Å². The summed E-state index contributed by atoms with van der Waals surface area (Å²) in [5, 5.41) is 0. The lowest BCUT2D eigenvalue weighted by Crippen LogP contribution is -2.37. The standard InChI is InChI=1S/C36H71N2/c1-4-7-10-13-16-18-20-22-24-27-30-33-38-35-34-37(32-29-26-15-12-9-6-3)36(38)31-28-25-23-21-19-17-14-11-8-5-2/h34-35H,4-33H2,1-3H3/q+1. The highest BCUT2D eigenvalue weighted by Gasteiger charge is 2.16. The van der Waals surface area contributed by atoms with E-state index in [2.05, 4.69) is 42.3 Å². The molecule has 0 aliphatic heterocycles. The van der Waals surface area contributed by atoms with Gasteiger partial charge in [-0.15, -0.1) is 0 Å². The smallest absolute Gasteiger partial charge is 0.234 e. The Kier molecular flexibility index (Phi) is 25.7. The fourth-order valence-electron chi connectivity index (χ4n) is 5.97. The molecular weight excluding hydrogens is 460 g/mol. The molecule has 0 bridgehead atoms. The van der Waals surface area contributed by atoms with Gasteiger partial charge in [0.2, 0.25) is 0 Å². The van der Waals surface area contributed by atoms with Crippen LogP contribution in [-0.2, 0) is 19.5 Å². The van der Waals surface area contributed by atoms with Gasteiger partial charge in [0.25, 0.3) is 5.82 Å². The van der Waals surface area contributed by atoms with Gasteiger partial charge in [-0.05, 0) is 32.1 Å². The van der Waals surface area contributed by atoms with Crippen molar-refractivity contribution in [2.24, 2.45) is 0 Å². The van der Waals surface area contributed by atoms with Crippen LogP contribution in [-0.4, -0.2) is 4.57 Å². The second-order valence-electron chi connectivity index (χ2n) is 12.3. The summed E-state index contributed by atoms with van der Waals surface area (Å²) < 4.78 is 5.24. The molecule has 224 valence electrons. The highest BCUT2D eigenvalue weighted by Crippen LogP contribution is 2.14. The van der Waals surface area contributed by atoms with Gasteiger partial charge in [-0.2, -0.15) is 0 Å². The van der Waals surface area contributed by atoms with Crippen molar-refractivity contribution in [2.45, 2.75) is 214 Å². The SMILES string of the molecule is CCCCCCCCCCCCCn1cc[n+](CCCCCCCC)c1CCCCCCCCCCCC. The number of imidazole rings is 1. The Labute approximate surface area is 240 Å². The summed E-state index contributed by atoms with van der Waals surface area (Å²) in [6, 6.07) is 0. The number of hydrogen-bond donors (Lipinski definition) is 0. The molecule has 1 rings (SSSR count). The first kappa shape index (κ1) is 35.2. The van der Waals surface area contributed by atoms with Crippen LogP contribution in [0.4, 0.5) is 0 Å². The largest absolute Gasteiger partial charge is 0.256 e. The van der Waals surface area contributed by atoms with Crippen molar-refractivity contribution in [3.8, 4) is 0 Å². The number of hydrogen-bond acceptors (Lipinski definition) is 0. The number of unbranched alkanes of at least 4 members (excludes halogenated alkanes) is 24. The molecule has 0 saturated carbocycles. The summed E-state index contributed by atoms with van der Waals surface area (Å²) in [6.07, 6.45) is 44.4. The van der Waals surface area contributed by atoms with Crippen molar-refractivity contribution < 1.29 is 4.57 Å². The lowest BCUT2D eigenvalue weighted by molar-refractivity contribution is -0.704. The lowest BCUT2D eigenvalue weighted by atomic mass is 10.1. The molecule has 0 radical (unpaired) electrons. The van der Waals surface area contributed by atoms with Crippen LogP contribution < -0.4 is 4.57 Å². The molecule has 0 spiro atoms. The Morgan fingerprint density at radius 1 is 0.447 bits per heavy atom. The maximum Gasteiger partial charge on any atom is 0.256 e. The van der Waals surface area contributed by atoms with Gasteiger partial charge in [-0.3, -0.25) is 0 Å². The van der Waals surface area contributed by atoms with Crippen LogP contribution in [0, 0.1) is 0 Å². The highest BCUT2D eigenvalue weighted by atomic mass is 15.1. The molecule has 2 heteroatoms. The van der Waals surface area contributed by atoms with Gasteiger partial charge in [-0.25, -0.2) is 9.13 Å². The van der Waals surface area contributed by atoms with Crippen molar-refractivity contribution in [3.63, 3.8) is 0 Å². The van der Waals surface area contributed by atoms with Gasteiger partial charge in [0.05, 0.1) is 13.1 Å². The monoisotopic (exact) mass is 532 g/mol. The second-order valence-corrected chi connectivity index (χ2v) is 12.3. The van der Waals surface area contributed by atoms with Crippen molar-refractivity contribution >= 4 is 0 Å². The molecule has 0 atom stereocenters. The first-order valence-corrected chi connectivity index (χ1v) is 17.9. The van der Waals surface area contributed by atoms with Crippen molar-refractivity contribution in [1.82, 2.24) is 4.57 Å². The van der Waals surface area contributed by atoms with Gasteiger partial charge in [0.15, 0.2) is 0 Å². The molecule has 0 fully saturated rings. The summed E-state index contributed by atoms with van der Waals surface area (Å²) in [7, 11) is 0. The van der Waals surface area contributed by atoms with E-state index in [0.717, 1.165) is 0 Å². The zero-order valence-corrected chi connectivity index (χ0v) is 26.8. The van der Waals surface area contributed by atoms with Crippen LogP contribution >= 0.6 is 0 Å². The molecule has 2 nitrogen and oxygen atoms in total. The average Bonchev–Trinajstić information content (AvgIpc) is 3.31. The summed E-state index contributed by atoms with van der Waals surface area (Å²) in [4.78, 5) is 0. The minimum Gasteiger partial charge on any atom is -0.234 e. The van der Waals surface area contributed by atoms with E-state index >= 15 is 0 Å². The molecule has 0 N–H and O–H groups in total. The molecule has 0 saturated heterocycles. The Hall–Kier alpha value is -0.790. The van der Waals surface area contributed by atoms with Crippen LogP contribution in [0.5, 0.6) is 0 Å². The highest BCUT2D eigenvalue weighted by molar-refractivity contribution is 4.84. The van der Waals surface area contributed by atoms with E-state index in [1.54, 1.807) is 5.82 Å². The maximum atomic E-state index is 2.62. The molecule has 1 heterocycles. The Morgan fingerprint density at radius 2 is 0.816 bits per heavy atom. The first-order chi connectivity index (χ1) is 18.8. The molecule has 0 unspecified atom stereocenters. The zero-order valence-electron chi connectivity index (χ0n) is 26.8. The predicted molar refractivity (Wildman–Crippen MR) is 170 cm³/mol. The number of aryl methyl sites for hydroxylation is 2. The van der Waals surface area contributed by atoms with E-state index in [1.807, 2.05) is 0 Å². The van der Waals surface area contributed by atoms with Crippen LogP contribution in [0.15, 0.2) is 12.4 Å². The third kappa shape index (κ3) is 20.2. The molecule has 0 aliphatic carbocycles. The molecule has 0 aliphatic rings. The fourth-order valence-corrected chi connectivity index (χ4v) is 5.97. The normalized spacial score (nSPS) is 11.6. The third-order valence-corrected chi connectivity index (χ3v) is 8.60. The minimum absolute atomic E-state index is 1.23. The van der Waals surface area contributed by atoms with E-state index in [1.165, 1.54) is 193 Å². The summed E-state index contributed by atoms with van der Waals surface area (Å²) in [5.41, 5.74) is 0. The van der Waals surface area contributed by atoms with E-state index in [0.29, 0.717) is 0 Å². The molecule has 1 aromatic heterocycles. The maximum absolute atomic E-state index is 2.62. The molecular formula is C36H71N2+. The van der Waals surface area contributed by atoms with Gasteiger partial charge in [0, 0.05) is 6.42 Å². The Balaban J connectivity index is 2.31. The minimum atomic E-state index is 1.23. The number of nitrogens with zero attached hydrogens (tertiary/aromatic N) is 2. The van der Waals surface area contributed by atoms with Crippen LogP contribution in [0.3, 0.4) is 0 Å². The van der Waals surface area contributed by atoms with Crippen LogP contribution in [0.2, 0.25) is 0 Å². The van der Waals surface area contributed by atoms with Crippen molar-refractivity contribution in [2.75, 3.05) is 0 Å². The summed E-state index contributed by atoms with van der Waals surface area (Å²) >= 11 is 0. The first-order valence-electron chi connectivity index (χ1n) is 17.9. The molecule has 1 aromatic rings. The van der Waals surface area contributed by atoms with Crippen LogP contribution in [0.1, 0.15) is 200 Å². The zero-order chi connectivity index (χ0) is 27.4. The van der Waals surface area contributed by atoms with E-state index in [-0.39, 0.29) is 0 Å². The van der Waals surface area contributed by atoms with Crippen molar-refractivity contribution in [3.05, 3.63) is 18.2 Å². The molecule has 0 aromatic carbocycles. The molecule has 0 amide bonds. The fraction of sp³-hybridized carbons (Fsp3) is 0.917. The van der Waals surface area contributed by atoms with E-state index in [9.17, 15) is 0 Å². The third-order valence-electron chi connectivity index (χ3n) is 8.60. The average molecular weight is 532 g/mol. The van der Waals surface area contributed by atoms with E-state index in [4.69, 9.17) is 0 Å². The topological polar surface area (TPSA) is 8.81 Å².